The number of nitrogens with zero attached hydrogens (tertiary/aromatic N) is 2. The fourth-order valence-electron chi connectivity index (χ4n) is 2.54. The van der Waals surface area contributed by atoms with Crippen LogP contribution in [0.15, 0.2) is 21.6 Å². The van der Waals surface area contributed by atoms with Crippen LogP contribution in [0, 0.1) is 0 Å². The van der Waals surface area contributed by atoms with E-state index in [-0.39, 0.29) is 11.1 Å². The van der Waals surface area contributed by atoms with Crippen LogP contribution < -0.4 is 5.32 Å². The molecule has 0 radical (unpaired) electrons. The predicted octanol–water partition coefficient (Wildman–Crippen LogP) is 1.10. The third kappa shape index (κ3) is 3.66. The Kier molecular flexibility index (Phi) is 5.43. The van der Waals surface area contributed by atoms with Crippen molar-refractivity contribution < 1.29 is 12.8 Å². The van der Waals surface area contributed by atoms with Gasteiger partial charge in [-0.15, -0.1) is 0 Å². The van der Waals surface area contributed by atoms with Crippen molar-refractivity contribution in [1.29, 1.82) is 0 Å². The van der Waals surface area contributed by atoms with Gasteiger partial charge in [-0.05, 0) is 32.1 Å². The van der Waals surface area contributed by atoms with Gasteiger partial charge < -0.3 is 14.6 Å². The van der Waals surface area contributed by atoms with Gasteiger partial charge in [-0.3, -0.25) is 0 Å². The molecule has 6 nitrogen and oxygen atoms in total. The average Bonchev–Trinajstić information content (AvgIpc) is 2.95. The molecule has 0 saturated carbocycles. The van der Waals surface area contributed by atoms with Crippen LogP contribution in [0.1, 0.15) is 26.0 Å². The first-order chi connectivity index (χ1) is 9.98. The van der Waals surface area contributed by atoms with Crippen LogP contribution in [0.5, 0.6) is 0 Å². The Morgan fingerprint density at radius 1 is 1.33 bits per heavy atom. The zero-order chi connectivity index (χ0) is 15.5. The molecule has 1 unspecified atom stereocenters. The Morgan fingerprint density at radius 2 is 2.10 bits per heavy atom. The molecule has 0 spiro atoms. The van der Waals surface area contributed by atoms with Gasteiger partial charge in [0.05, 0.1) is 6.54 Å². The highest BCUT2D eigenvalue weighted by atomic mass is 32.2. The molecule has 1 fully saturated rings. The second-order valence-electron chi connectivity index (χ2n) is 5.41. The lowest BCUT2D eigenvalue weighted by molar-refractivity contribution is 0.142. The number of hydrogen-bond acceptors (Lipinski definition) is 5. The fraction of sp³-hybridized carbons (Fsp3) is 0.714. The number of sulfonamides is 1. The lowest BCUT2D eigenvalue weighted by atomic mass is 10.1. The molecule has 7 heteroatoms. The summed E-state index contributed by atoms with van der Waals surface area (Å²) in [5.74, 6) is 0.650. The van der Waals surface area contributed by atoms with E-state index in [0.29, 0.717) is 25.4 Å². The van der Waals surface area contributed by atoms with Gasteiger partial charge in [-0.2, -0.15) is 4.31 Å². The largest absolute Gasteiger partial charge is 0.447 e. The molecule has 21 heavy (non-hydrogen) atoms. The Labute approximate surface area is 127 Å². The molecule has 2 heterocycles. The van der Waals surface area contributed by atoms with Gasteiger partial charge >= 0.3 is 0 Å². The number of hydrogen-bond donors (Lipinski definition) is 1. The van der Waals surface area contributed by atoms with Crippen molar-refractivity contribution in [2.45, 2.75) is 37.9 Å². The van der Waals surface area contributed by atoms with Crippen molar-refractivity contribution in [3.63, 3.8) is 0 Å². The Balaban J connectivity index is 2.12. The summed E-state index contributed by atoms with van der Waals surface area (Å²) in [5.41, 5.74) is 0. The van der Waals surface area contributed by atoms with E-state index in [0.717, 1.165) is 19.5 Å². The highest BCUT2D eigenvalue weighted by Gasteiger charge is 2.33. The minimum Gasteiger partial charge on any atom is -0.447 e. The van der Waals surface area contributed by atoms with Crippen molar-refractivity contribution in [2.75, 3.05) is 33.2 Å². The van der Waals surface area contributed by atoms with Crippen molar-refractivity contribution in [1.82, 2.24) is 14.5 Å². The topological polar surface area (TPSA) is 65.8 Å². The standard InChI is InChI=1S/C14H25N3O3S/c1-4-12-11-17(9-8-16(12)3)21(18,19)14-7-6-13(20-14)10-15-5-2/h6-7,12,15H,4-5,8-11H2,1-3H3. The summed E-state index contributed by atoms with van der Waals surface area (Å²) in [7, 11) is -1.48. The van der Waals surface area contributed by atoms with Gasteiger partial charge in [-0.1, -0.05) is 13.8 Å². The molecular weight excluding hydrogens is 290 g/mol. The van der Waals surface area contributed by atoms with Crippen molar-refractivity contribution in [3.8, 4) is 0 Å². The molecular formula is C14H25N3O3S. The smallest absolute Gasteiger partial charge is 0.276 e. The molecule has 1 aromatic rings. The van der Waals surface area contributed by atoms with E-state index in [1.54, 1.807) is 12.1 Å². The molecule has 1 saturated heterocycles. The van der Waals surface area contributed by atoms with Crippen LogP contribution in [-0.4, -0.2) is 56.9 Å². The van der Waals surface area contributed by atoms with E-state index in [1.807, 2.05) is 14.0 Å². The maximum absolute atomic E-state index is 12.6. The van der Waals surface area contributed by atoms with E-state index in [2.05, 4.69) is 17.1 Å². The molecule has 1 N–H and O–H groups in total. The summed E-state index contributed by atoms with van der Waals surface area (Å²) in [5, 5.41) is 3.17. The molecule has 1 atom stereocenters. The van der Waals surface area contributed by atoms with E-state index in [4.69, 9.17) is 4.42 Å². The first-order valence-corrected chi connectivity index (χ1v) is 8.92. The SMILES string of the molecule is CCNCc1ccc(S(=O)(=O)N2CCN(C)C(CC)C2)o1. The molecule has 2 rings (SSSR count). The normalized spacial score (nSPS) is 21.8. The van der Waals surface area contributed by atoms with Crippen molar-refractivity contribution in [3.05, 3.63) is 17.9 Å². The molecule has 1 aliphatic rings. The molecule has 0 aliphatic carbocycles. The van der Waals surface area contributed by atoms with Gasteiger partial charge in [0, 0.05) is 25.7 Å². The first kappa shape index (κ1) is 16.5. The monoisotopic (exact) mass is 315 g/mol. The number of likely N-dealkylation sites (N-methyl/N-ethyl adjacent to an activating group) is 1. The highest BCUT2D eigenvalue weighted by molar-refractivity contribution is 7.89. The van der Waals surface area contributed by atoms with Gasteiger partial charge in [0.15, 0.2) is 0 Å². The van der Waals surface area contributed by atoms with Gasteiger partial charge in [0.1, 0.15) is 5.76 Å². The van der Waals surface area contributed by atoms with E-state index < -0.39 is 10.0 Å². The molecule has 120 valence electrons. The van der Waals surface area contributed by atoms with Crippen LogP contribution in [0.2, 0.25) is 0 Å². The highest BCUT2D eigenvalue weighted by Crippen LogP contribution is 2.22. The van der Waals surface area contributed by atoms with Crippen LogP contribution in [0.4, 0.5) is 0 Å². The first-order valence-electron chi connectivity index (χ1n) is 7.48. The molecule has 0 amide bonds. The second-order valence-corrected chi connectivity index (χ2v) is 7.28. The summed E-state index contributed by atoms with van der Waals surface area (Å²) in [4.78, 5) is 2.21. The molecule has 1 aromatic heterocycles. The Hall–Kier alpha value is -0.890. The number of nitrogens with one attached hydrogen (secondary N) is 1. The Bertz CT molecular complexity index is 556. The molecule has 0 bridgehead atoms. The predicted molar refractivity (Wildman–Crippen MR) is 81.6 cm³/mol. The molecule has 0 aromatic carbocycles. The summed E-state index contributed by atoms with van der Waals surface area (Å²) < 4.78 is 32.3. The van der Waals surface area contributed by atoms with Gasteiger partial charge in [0.25, 0.3) is 10.0 Å². The number of furan rings is 1. The molecule has 1 aliphatic heterocycles. The van der Waals surface area contributed by atoms with Gasteiger partial charge in [0.2, 0.25) is 5.09 Å². The van der Waals surface area contributed by atoms with Crippen LogP contribution in [-0.2, 0) is 16.6 Å². The van der Waals surface area contributed by atoms with E-state index in [1.165, 1.54) is 4.31 Å². The van der Waals surface area contributed by atoms with Crippen molar-refractivity contribution in [2.24, 2.45) is 0 Å². The minimum atomic E-state index is -3.52. The summed E-state index contributed by atoms with van der Waals surface area (Å²) in [6, 6.07) is 3.55. The van der Waals surface area contributed by atoms with E-state index >= 15 is 0 Å². The van der Waals surface area contributed by atoms with Gasteiger partial charge in [-0.25, -0.2) is 8.42 Å². The zero-order valence-electron chi connectivity index (χ0n) is 13.0. The fourth-order valence-corrected chi connectivity index (χ4v) is 3.94. The zero-order valence-corrected chi connectivity index (χ0v) is 13.8. The summed E-state index contributed by atoms with van der Waals surface area (Å²) >= 11 is 0. The average molecular weight is 315 g/mol. The van der Waals surface area contributed by atoms with Crippen LogP contribution in [0.25, 0.3) is 0 Å². The van der Waals surface area contributed by atoms with E-state index in [9.17, 15) is 8.42 Å². The lowest BCUT2D eigenvalue weighted by Gasteiger charge is -2.37. The number of piperazine rings is 1. The maximum Gasteiger partial charge on any atom is 0.276 e. The Morgan fingerprint density at radius 3 is 2.76 bits per heavy atom. The lowest BCUT2D eigenvalue weighted by Crippen LogP contribution is -2.52. The van der Waals surface area contributed by atoms with Crippen molar-refractivity contribution >= 4 is 10.0 Å². The summed E-state index contributed by atoms with van der Waals surface area (Å²) in [6.07, 6.45) is 0.937. The third-order valence-corrected chi connectivity index (χ3v) is 5.73. The minimum absolute atomic E-state index is 0.0507. The third-order valence-electron chi connectivity index (χ3n) is 3.99. The number of rotatable bonds is 6. The second kappa shape index (κ2) is 6.91. The van der Waals surface area contributed by atoms with Crippen LogP contribution in [0.3, 0.4) is 0 Å². The van der Waals surface area contributed by atoms with Crippen LogP contribution >= 0.6 is 0 Å². The maximum atomic E-state index is 12.6. The quantitative estimate of drug-likeness (QED) is 0.852. The summed E-state index contributed by atoms with van der Waals surface area (Å²) in [6.45, 7) is 7.24.